The maximum atomic E-state index is 3.32. The minimum Gasteiger partial charge on any atom is -0.361 e. The molecule has 1 atom stereocenters. The molecule has 1 heterocycles. The summed E-state index contributed by atoms with van der Waals surface area (Å²) in [5, 5.41) is 4.63. The first-order chi connectivity index (χ1) is 7.20. The zero-order valence-electron chi connectivity index (χ0n) is 9.59. The monoisotopic (exact) mass is 202 g/mol. The lowest BCUT2D eigenvalue weighted by atomic mass is 10.0. The molecule has 0 saturated heterocycles. The molecule has 0 aliphatic carbocycles. The van der Waals surface area contributed by atoms with Gasteiger partial charge in [-0.15, -0.1) is 0 Å². The smallest absolute Gasteiger partial charge is 0.0456 e. The van der Waals surface area contributed by atoms with Gasteiger partial charge >= 0.3 is 0 Å². The predicted octanol–water partition coefficient (Wildman–Crippen LogP) is 2.63. The molecule has 2 rings (SSSR count). The van der Waals surface area contributed by atoms with Crippen molar-refractivity contribution in [1.29, 1.82) is 0 Å². The molecule has 0 spiro atoms. The van der Waals surface area contributed by atoms with Gasteiger partial charge in [0, 0.05) is 23.1 Å². The summed E-state index contributed by atoms with van der Waals surface area (Å²) in [6, 6.07) is 7.07. The van der Waals surface area contributed by atoms with Crippen LogP contribution in [0, 0.1) is 6.92 Å². The first-order valence-electron chi connectivity index (χ1n) is 5.44. The van der Waals surface area contributed by atoms with Gasteiger partial charge in [0.05, 0.1) is 0 Å². The molecule has 0 fully saturated rings. The van der Waals surface area contributed by atoms with Gasteiger partial charge in [-0.25, -0.2) is 0 Å². The average Bonchev–Trinajstić information content (AvgIpc) is 2.61. The number of H-pyrrole nitrogens is 1. The van der Waals surface area contributed by atoms with Crippen molar-refractivity contribution in [3.8, 4) is 0 Å². The van der Waals surface area contributed by atoms with E-state index in [2.05, 4.69) is 48.5 Å². The topological polar surface area (TPSA) is 27.8 Å². The van der Waals surface area contributed by atoms with E-state index in [1.54, 1.807) is 0 Å². The molecule has 0 bridgehead atoms. The van der Waals surface area contributed by atoms with E-state index in [-0.39, 0.29) is 0 Å². The number of nitrogens with one attached hydrogen (secondary N) is 2. The Morgan fingerprint density at radius 3 is 2.93 bits per heavy atom. The first-order valence-corrected chi connectivity index (χ1v) is 5.44. The summed E-state index contributed by atoms with van der Waals surface area (Å²) in [5.74, 6) is 0. The Bertz CT molecular complexity index is 457. The summed E-state index contributed by atoms with van der Waals surface area (Å²) < 4.78 is 0. The van der Waals surface area contributed by atoms with E-state index in [0.29, 0.717) is 6.04 Å². The lowest BCUT2D eigenvalue weighted by Gasteiger charge is -2.08. The van der Waals surface area contributed by atoms with E-state index in [1.807, 2.05) is 7.05 Å². The number of hydrogen-bond acceptors (Lipinski definition) is 1. The molecule has 0 aliphatic heterocycles. The SMILES string of the molecule is CNC(C)Cc1c[nH]c2ccc(C)cc12. The van der Waals surface area contributed by atoms with Gasteiger partial charge < -0.3 is 10.3 Å². The summed E-state index contributed by atoms with van der Waals surface area (Å²) in [6.45, 7) is 4.34. The number of fused-ring (bicyclic) bond motifs is 1. The molecule has 1 unspecified atom stereocenters. The predicted molar refractivity (Wildman–Crippen MR) is 65.3 cm³/mol. The standard InChI is InChI=1S/C13H18N2/c1-9-4-5-13-12(6-9)11(8-15-13)7-10(2)14-3/h4-6,8,10,14-15H,7H2,1-3H3. The molecule has 0 saturated carbocycles. The fourth-order valence-corrected chi connectivity index (χ4v) is 1.89. The van der Waals surface area contributed by atoms with Crippen molar-refractivity contribution in [1.82, 2.24) is 10.3 Å². The molecule has 80 valence electrons. The average molecular weight is 202 g/mol. The molecule has 0 amide bonds. The van der Waals surface area contributed by atoms with Gasteiger partial charge in [0.25, 0.3) is 0 Å². The normalized spacial score (nSPS) is 13.3. The highest BCUT2D eigenvalue weighted by Crippen LogP contribution is 2.20. The zero-order valence-corrected chi connectivity index (χ0v) is 9.59. The summed E-state index contributed by atoms with van der Waals surface area (Å²) in [5.41, 5.74) is 3.95. The number of benzene rings is 1. The van der Waals surface area contributed by atoms with Gasteiger partial charge in [-0.1, -0.05) is 11.6 Å². The third-order valence-electron chi connectivity index (χ3n) is 2.94. The molecule has 0 aliphatic rings. The van der Waals surface area contributed by atoms with E-state index in [0.717, 1.165) is 6.42 Å². The fourth-order valence-electron chi connectivity index (χ4n) is 1.89. The molecular formula is C13H18N2. The first kappa shape index (κ1) is 10.2. The van der Waals surface area contributed by atoms with Gasteiger partial charge in [0.1, 0.15) is 0 Å². The van der Waals surface area contributed by atoms with Crippen molar-refractivity contribution in [2.24, 2.45) is 0 Å². The Kier molecular flexibility index (Phi) is 2.78. The van der Waals surface area contributed by atoms with Crippen molar-refractivity contribution in [2.75, 3.05) is 7.05 Å². The van der Waals surface area contributed by atoms with Crippen LogP contribution in [0.15, 0.2) is 24.4 Å². The summed E-state index contributed by atoms with van der Waals surface area (Å²) in [7, 11) is 2.00. The van der Waals surface area contributed by atoms with Crippen molar-refractivity contribution in [3.05, 3.63) is 35.5 Å². The molecule has 2 aromatic rings. The quantitative estimate of drug-likeness (QED) is 0.786. The Hall–Kier alpha value is -1.28. The van der Waals surface area contributed by atoms with Crippen LogP contribution in [0.4, 0.5) is 0 Å². The van der Waals surface area contributed by atoms with E-state index in [1.165, 1.54) is 22.0 Å². The number of rotatable bonds is 3. The summed E-state index contributed by atoms with van der Waals surface area (Å²) in [4.78, 5) is 3.32. The van der Waals surface area contributed by atoms with Crippen LogP contribution in [-0.2, 0) is 6.42 Å². The second-order valence-electron chi connectivity index (χ2n) is 4.26. The van der Waals surface area contributed by atoms with E-state index in [4.69, 9.17) is 0 Å². The number of aromatic amines is 1. The van der Waals surface area contributed by atoms with Gasteiger partial charge in [-0.2, -0.15) is 0 Å². The highest BCUT2D eigenvalue weighted by atomic mass is 14.8. The van der Waals surface area contributed by atoms with Gasteiger partial charge in [-0.3, -0.25) is 0 Å². The molecular weight excluding hydrogens is 184 g/mol. The molecule has 2 heteroatoms. The Morgan fingerprint density at radius 1 is 1.40 bits per heavy atom. The summed E-state index contributed by atoms with van der Waals surface area (Å²) in [6.07, 6.45) is 3.19. The zero-order chi connectivity index (χ0) is 10.8. The Labute approximate surface area is 90.7 Å². The number of aromatic nitrogens is 1. The third kappa shape index (κ3) is 2.05. The highest BCUT2D eigenvalue weighted by Gasteiger charge is 2.06. The molecule has 2 N–H and O–H groups in total. The third-order valence-corrected chi connectivity index (χ3v) is 2.94. The van der Waals surface area contributed by atoms with Crippen LogP contribution >= 0.6 is 0 Å². The van der Waals surface area contributed by atoms with Crippen molar-refractivity contribution in [3.63, 3.8) is 0 Å². The second-order valence-corrected chi connectivity index (χ2v) is 4.26. The van der Waals surface area contributed by atoms with E-state index < -0.39 is 0 Å². The molecule has 1 aromatic carbocycles. The Morgan fingerprint density at radius 2 is 2.20 bits per heavy atom. The van der Waals surface area contributed by atoms with Crippen LogP contribution in [0.25, 0.3) is 10.9 Å². The van der Waals surface area contributed by atoms with Crippen LogP contribution in [0.3, 0.4) is 0 Å². The number of likely N-dealkylation sites (N-methyl/N-ethyl adjacent to an activating group) is 1. The molecule has 0 radical (unpaired) electrons. The van der Waals surface area contributed by atoms with Crippen LogP contribution in [-0.4, -0.2) is 18.1 Å². The minimum atomic E-state index is 0.518. The lowest BCUT2D eigenvalue weighted by molar-refractivity contribution is 0.610. The van der Waals surface area contributed by atoms with Crippen LogP contribution in [0.5, 0.6) is 0 Å². The second kappa shape index (κ2) is 4.07. The molecule has 15 heavy (non-hydrogen) atoms. The molecule has 2 nitrogen and oxygen atoms in total. The van der Waals surface area contributed by atoms with E-state index in [9.17, 15) is 0 Å². The van der Waals surface area contributed by atoms with Crippen molar-refractivity contribution in [2.45, 2.75) is 26.3 Å². The lowest BCUT2D eigenvalue weighted by Crippen LogP contribution is -2.23. The van der Waals surface area contributed by atoms with Crippen LogP contribution in [0.1, 0.15) is 18.1 Å². The number of hydrogen-bond donors (Lipinski definition) is 2. The summed E-state index contributed by atoms with van der Waals surface area (Å²) >= 11 is 0. The largest absolute Gasteiger partial charge is 0.361 e. The van der Waals surface area contributed by atoms with Crippen molar-refractivity contribution < 1.29 is 0 Å². The maximum Gasteiger partial charge on any atom is 0.0456 e. The Balaban J connectivity index is 2.39. The van der Waals surface area contributed by atoms with Crippen LogP contribution in [0.2, 0.25) is 0 Å². The fraction of sp³-hybridized carbons (Fsp3) is 0.385. The number of aryl methyl sites for hydroxylation is 1. The van der Waals surface area contributed by atoms with Gasteiger partial charge in [0.15, 0.2) is 0 Å². The van der Waals surface area contributed by atoms with Crippen LogP contribution < -0.4 is 5.32 Å². The minimum absolute atomic E-state index is 0.518. The van der Waals surface area contributed by atoms with Crippen molar-refractivity contribution >= 4 is 10.9 Å². The molecule has 1 aromatic heterocycles. The van der Waals surface area contributed by atoms with E-state index >= 15 is 0 Å². The highest BCUT2D eigenvalue weighted by molar-refractivity contribution is 5.83. The maximum absolute atomic E-state index is 3.32. The van der Waals surface area contributed by atoms with Gasteiger partial charge in [0.2, 0.25) is 0 Å². The van der Waals surface area contributed by atoms with Gasteiger partial charge in [-0.05, 0) is 45.0 Å².